The van der Waals surface area contributed by atoms with Gasteiger partial charge >= 0.3 is 5.97 Å². The van der Waals surface area contributed by atoms with Crippen molar-refractivity contribution < 1.29 is 14.3 Å². The second-order valence-electron chi connectivity index (χ2n) is 3.72. The van der Waals surface area contributed by atoms with Crippen LogP contribution in [0.15, 0.2) is 24.3 Å². The van der Waals surface area contributed by atoms with E-state index < -0.39 is 0 Å². The fraction of sp³-hybridized carbons (Fsp3) is 0.417. The van der Waals surface area contributed by atoms with Gasteiger partial charge in [0.1, 0.15) is 11.8 Å². The molecule has 1 saturated heterocycles. The molecule has 1 aromatic carbocycles. The smallest absolute Gasteiger partial charge is 0.328 e. The van der Waals surface area contributed by atoms with E-state index in [-0.39, 0.29) is 12.0 Å². The number of carbonyl (C=O) groups excluding carboxylic acids is 1. The number of benzene rings is 1. The van der Waals surface area contributed by atoms with Crippen molar-refractivity contribution in [1.29, 1.82) is 0 Å². The molecule has 1 aliphatic rings. The first kappa shape index (κ1) is 10.8. The quantitative estimate of drug-likeness (QED) is 0.724. The van der Waals surface area contributed by atoms with Crippen LogP contribution < -0.4 is 9.64 Å². The lowest BCUT2D eigenvalue weighted by Crippen LogP contribution is -2.53. The van der Waals surface area contributed by atoms with Crippen molar-refractivity contribution in [3.05, 3.63) is 24.3 Å². The molecule has 0 saturated carbocycles. The van der Waals surface area contributed by atoms with Crippen LogP contribution in [0.1, 0.15) is 6.42 Å². The van der Waals surface area contributed by atoms with Crippen LogP contribution in [0.5, 0.6) is 5.75 Å². The maximum Gasteiger partial charge on any atom is 0.328 e. The Balaban J connectivity index is 2.09. The highest BCUT2D eigenvalue weighted by Gasteiger charge is 2.34. The van der Waals surface area contributed by atoms with Crippen molar-refractivity contribution in [2.24, 2.45) is 0 Å². The van der Waals surface area contributed by atoms with E-state index in [9.17, 15) is 4.79 Å². The Kier molecular flexibility index (Phi) is 2.99. The van der Waals surface area contributed by atoms with E-state index >= 15 is 0 Å². The molecule has 1 fully saturated rings. The van der Waals surface area contributed by atoms with Crippen LogP contribution in [0.25, 0.3) is 0 Å². The van der Waals surface area contributed by atoms with E-state index in [4.69, 9.17) is 9.47 Å². The summed E-state index contributed by atoms with van der Waals surface area (Å²) in [6.45, 7) is 0.895. The highest BCUT2D eigenvalue weighted by Crippen LogP contribution is 2.28. The molecule has 4 nitrogen and oxygen atoms in total. The van der Waals surface area contributed by atoms with Crippen molar-refractivity contribution in [3.63, 3.8) is 0 Å². The molecule has 1 atom stereocenters. The first-order valence-corrected chi connectivity index (χ1v) is 5.25. The number of rotatable bonds is 3. The molecule has 16 heavy (non-hydrogen) atoms. The number of anilines is 1. The van der Waals surface area contributed by atoms with Crippen molar-refractivity contribution in [2.75, 3.05) is 25.7 Å². The zero-order chi connectivity index (χ0) is 11.5. The molecule has 2 rings (SSSR count). The Hall–Kier alpha value is -1.71. The summed E-state index contributed by atoms with van der Waals surface area (Å²) in [5.41, 5.74) is 1.03. The minimum atomic E-state index is -0.165. The second kappa shape index (κ2) is 4.43. The van der Waals surface area contributed by atoms with Gasteiger partial charge in [0.05, 0.1) is 14.2 Å². The highest BCUT2D eigenvalue weighted by molar-refractivity contribution is 5.82. The average molecular weight is 221 g/mol. The number of hydrogen-bond acceptors (Lipinski definition) is 4. The fourth-order valence-electron chi connectivity index (χ4n) is 1.85. The number of nitrogens with zero attached hydrogens (tertiary/aromatic N) is 1. The molecule has 1 unspecified atom stereocenters. The van der Waals surface area contributed by atoms with Crippen LogP contribution in [0.3, 0.4) is 0 Å². The van der Waals surface area contributed by atoms with E-state index in [0.717, 1.165) is 24.4 Å². The summed E-state index contributed by atoms with van der Waals surface area (Å²) in [7, 11) is 3.06. The SMILES string of the molecule is COC(=O)C1CCN1c1ccc(OC)cc1. The Labute approximate surface area is 94.8 Å². The summed E-state index contributed by atoms with van der Waals surface area (Å²) in [6.07, 6.45) is 0.860. The lowest BCUT2D eigenvalue weighted by molar-refractivity contribution is -0.143. The Bertz CT molecular complexity index is 374. The molecule has 1 aromatic rings. The number of esters is 1. The summed E-state index contributed by atoms with van der Waals surface area (Å²) in [4.78, 5) is 13.4. The molecular weight excluding hydrogens is 206 g/mol. The van der Waals surface area contributed by atoms with Crippen molar-refractivity contribution in [3.8, 4) is 5.75 Å². The van der Waals surface area contributed by atoms with Gasteiger partial charge in [0, 0.05) is 12.2 Å². The van der Waals surface area contributed by atoms with Crippen molar-refractivity contribution in [1.82, 2.24) is 0 Å². The van der Waals surface area contributed by atoms with Crippen LogP contribution >= 0.6 is 0 Å². The van der Waals surface area contributed by atoms with E-state index in [0.29, 0.717) is 0 Å². The zero-order valence-electron chi connectivity index (χ0n) is 9.47. The number of carbonyl (C=O) groups is 1. The van der Waals surface area contributed by atoms with Crippen molar-refractivity contribution >= 4 is 11.7 Å². The summed E-state index contributed by atoms with van der Waals surface area (Å²) >= 11 is 0. The third kappa shape index (κ3) is 1.83. The predicted molar refractivity (Wildman–Crippen MR) is 60.8 cm³/mol. The third-order valence-corrected chi connectivity index (χ3v) is 2.90. The standard InChI is InChI=1S/C12H15NO3/c1-15-10-5-3-9(4-6-10)13-8-7-11(13)12(14)16-2/h3-6,11H,7-8H2,1-2H3. The van der Waals surface area contributed by atoms with Gasteiger partial charge in [-0.1, -0.05) is 0 Å². The summed E-state index contributed by atoms with van der Waals surface area (Å²) in [6, 6.07) is 7.56. The first-order valence-electron chi connectivity index (χ1n) is 5.25. The van der Waals surface area contributed by atoms with E-state index in [2.05, 4.69) is 0 Å². The normalized spacial score (nSPS) is 18.9. The van der Waals surface area contributed by atoms with Gasteiger partial charge in [-0.15, -0.1) is 0 Å². The molecule has 0 aliphatic carbocycles. The van der Waals surface area contributed by atoms with Crippen LogP contribution in [0, 0.1) is 0 Å². The van der Waals surface area contributed by atoms with Crippen LogP contribution in [0.2, 0.25) is 0 Å². The van der Waals surface area contributed by atoms with Crippen LogP contribution in [-0.2, 0) is 9.53 Å². The lowest BCUT2D eigenvalue weighted by atomic mass is 10.0. The van der Waals surface area contributed by atoms with Crippen LogP contribution in [0.4, 0.5) is 5.69 Å². The average Bonchev–Trinajstić information content (AvgIpc) is 2.28. The van der Waals surface area contributed by atoms with Gasteiger partial charge in [0.25, 0.3) is 0 Å². The largest absolute Gasteiger partial charge is 0.497 e. The van der Waals surface area contributed by atoms with Gasteiger partial charge in [-0.2, -0.15) is 0 Å². The lowest BCUT2D eigenvalue weighted by Gasteiger charge is -2.40. The number of ether oxygens (including phenoxy) is 2. The molecule has 0 spiro atoms. The molecule has 0 N–H and O–H groups in total. The van der Waals surface area contributed by atoms with E-state index in [1.54, 1.807) is 7.11 Å². The molecular formula is C12H15NO3. The molecule has 1 heterocycles. The Morgan fingerprint density at radius 1 is 1.31 bits per heavy atom. The van der Waals surface area contributed by atoms with Gasteiger partial charge in [0.2, 0.25) is 0 Å². The number of methoxy groups -OCH3 is 2. The molecule has 0 radical (unpaired) electrons. The first-order chi connectivity index (χ1) is 7.76. The predicted octanol–water partition coefficient (Wildman–Crippen LogP) is 1.45. The monoisotopic (exact) mass is 221 g/mol. The fourth-order valence-corrected chi connectivity index (χ4v) is 1.85. The van der Waals surface area contributed by atoms with Gasteiger partial charge in [-0.25, -0.2) is 4.79 Å². The second-order valence-corrected chi connectivity index (χ2v) is 3.72. The third-order valence-electron chi connectivity index (χ3n) is 2.90. The van der Waals surface area contributed by atoms with Crippen LogP contribution in [-0.4, -0.2) is 32.8 Å². The topological polar surface area (TPSA) is 38.8 Å². The Morgan fingerprint density at radius 2 is 2.00 bits per heavy atom. The maximum atomic E-state index is 11.4. The Morgan fingerprint density at radius 3 is 2.44 bits per heavy atom. The van der Waals surface area contributed by atoms with Crippen molar-refractivity contribution in [2.45, 2.75) is 12.5 Å². The molecule has 0 aromatic heterocycles. The van der Waals surface area contributed by atoms with Gasteiger partial charge in [-0.05, 0) is 30.7 Å². The summed E-state index contributed by atoms with van der Waals surface area (Å²) in [5, 5.41) is 0. The zero-order valence-corrected chi connectivity index (χ0v) is 9.47. The molecule has 4 heteroatoms. The van der Waals surface area contributed by atoms with E-state index in [1.165, 1.54) is 7.11 Å². The summed E-state index contributed by atoms with van der Waals surface area (Å²) in [5.74, 6) is 0.654. The molecule has 0 bridgehead atoms. The van der Waals surface area contributed by atoms with E-state index in [1.807, 2.05) is 29.2 Å². The van der Waals surface area contributed by atoms with Gasteiger partial charge in [-0.3, -0.25) is 0 Å². The highest BCUT2D eigenvalue weighted by atomic mass is 16.5. The minimum absolute atomic E-state index is 0.126. The van der Waals surface area contributed by atoms with Gasteiger partial charge in [0.15, 0.2) is 0 Å². The minimum Gasteiger partial charge on any atom is -0.497 e. The maximum absolute atomic E-state index is 11.4. The summed E-state index contributed by atoms with van der Waals surface area (Å²) < 4.78 is 9.83. The number of hydrogen-bond donors (Lipinski definition) is 0. The molecule has 1 aliphatic heterocycles. The van der Waals surface area contributed by atoms with Gasteiger partial charge < -0.3 is 14.4 Å². The molecule has 86 valence electrons. The molecule has 0 amide bonds.